The van der Waals surface area contributed by atoms with E-state index in [2.05, 4.69) is 9.84 Å². The second kappa shape index (κ2) is 9.98. The van der Waals surface area contributed by atoms with Crippen LogP contribution in [-0.2, 0) is 30.3 Å². The molecule has 0 bridgehead atoms. The molecule has 0 unspecified atom stereocenters. The first-order valence-corrected chi connectivity index (χ1v) is 10.9. The monoisotopic (exact) mass is 498 g/mol. The van der Waals surface area contributed by atoms with E-state index in [0.717, 1.165) is 0 Å². The molecule has 2 aliphatic heterocycles. The highest BCUT2D eigenvalue weighted by Gasteiger charge is 2.27. The Balaban J connectivity index is 1.85. The Morgan fingerprint density at radius 2 is 1.80 bits per heavy atom. The lowest BCUT2D eigenvalue weighted by molar-refractivity contribution is -0.152. The van der Waals surface area contributed by atoms with Crippen molar-refractivity contribution in [1.82, 2.24) is 9.78 Å². The summed E-state index contributed by atoms with van der Waals surface area (Å²) in [7, 11) is 0. The molecular weight excluding hydrogens is 480 g/mol. The van der Waals surface area contributed by atoms with Crippen molar-refractivity contribution in [3.63, 3.8) is 0 Å². The zero-order valence-electron chi connectivity index (χ0n) is 18.7. The number of carbonyl (C=O) groups excluding carboxylic acids is 3. The minimum absolute atomic E-state index is 0.0869. The molecule has 2 aliphatic rings. The standard InChI is InChI=1S/C24H19ClN2O8/c1-3-32-20(29)11-19-22-23(26-27(24(22)31)15-6-4-14(25)5-7-15)17-10-16(8-9-18(17)35-19)34-21(30)12-33-13(2)28/h4-10H,3,11-12H2,1-2H3. The molecule has 2 heterocycles. The average molecular weight is 499 g/mol. The first kappa shape index (κ1) is 24.0. The van der Waals surface area contributed by atoms with Crippen molar-refractivity contribution in [2.75, 3.05) is 13.2 Å². The van der Waals surface area contributed by atoms with Gasteiger partial charge in [-0.25, -0.2) is 4.79 Å². The molecular formula is C24H19ClN2O8. The van der Waals surface area contributed by atoms with E-state index in [9.17, 15) is 19.2 Å². The van der Waals surface area contributed by atoms with Gasteiger partial charge >= 0.3 is 17.9 Å². The van der Waals surface area contributed by atoms with Crippen LogP contribution in [0.4, 0.5) is 0 Å². The normalized spacial score (nSPS) is 10.9. The van der Waals surface area contributed by atoms with Crippen molar-refractivity contribution >= 4 is 40.5 Å². The maximum Gasteiger partial charge on any atom is 0.349 e. The summed E-state index contributed by atoms with van der Waals surface area (Å²) in [5.41, 5.74) is 0.573. The van der Waals surface area contributed by atoms with Gasteiger partial charge in [-0.1, -0.05) is 11.6 Å². The topological polar surface area (TPSA) is 127 Å². The quantitative estimate of drug-likeness (QED) is 0.278. The number of nitrogens with zero attached hydrogens (tertiary/aromatic N) is 2. The van der Waals surface area contributed by atoms with Gasteiger partial charge in [-0.2, -0.15) is 9.78 Å². The number of halogens is 1. The number of esters is 3. The van der Waals surface area contributed by atoms with Crippen LogP contribution >= 0.6 is 11.6 Å². The number of ether oxygens (including phenoxy) is 3. The van der Waals surface area contributed by atoms with Gasteiger partial charge in [-0.3, -0.25) is 14.4 Å². The summed E-state index contributed by atoms with van der Waals surface area (Å²) in [6.45, 7) is 2.47. The van der Waals surface area contributed by atoms with Crippen LogP contribution < -0.4 is 10.3 Å². The minimum Gasteiger partial charge on any atom is -0.466 e. The third-order valence-electron chi connectivity index (χ3n) is 4.87. The van der Waals surface area contributed by atoms with Crippen LogP contribution in [0.25, 0.3) is 27.9 Å². The van der Waals surface area contributed by atoms with Crippen molar-refractivity contribution in [3.05, 3.63) is 63.6 Å². The van der Waals surface area contributed by atoms with Crippen molar-refractivity contribution in [2.24, 2.45) is 0 Å². The zero-order chi connectivity index (χ0) is 25.1. The van der Waals surface area contributed by atoms with Gasteiger partial charge in [0.1, 0.15) is 34.8 Å². The van der Waals surface area contributed by atoms with Crippen LogP contribution in [0.1, 0.15) is 19.6 Å². The van der Waals surface area contributed by atoms with Crippen LogP contribution in [0.5, 0.6) is 5.75 Å². The first-order valence-electron chi connectivity index (χ1n) is 10.5. The van der Waals surface area contributed by atoms with Gasteiger partial charge in [-0.15, -0.1) is 0 Å². The van der Waals surface area contributed by atoms with Crippen molar-refractivity contribution in [2.45, 2.75) is 20.3 Å². The van der Waals surface area contributed by atoms with Crippen LogP contribution in [0.2, 0.25) is 5.02 Å². The zero-order valence-corrected chi connectivity index (χ0v) is 19.5. The predicted octanol–water partition coefficient (Wildman–Crippen LogP) is 3.31. The highest BCUT2D eigenvalue weighted by molar-refractivity contribution is 6.30. The fourth-order valence-corrected chi connectivity index (χ4v) is 3.55. The SMILES string of the molecule is CCOC(=O)Cc1oc2ccc(OC(=O)COC(C)=O)cc2c2nn(-c3ccc(Cl)cc3)c(=O)c1-2. The molecule has 0 atom stereocenters. The second-order valence-electron chi connectivity index (χ2n) is 7.34. The Bertz CT molecular complexity index is 1450. The molecule has 0 aromatic heterocycles. The number of benzene rings is 2. The number of carbonyl (C=O) groups is 3. The molecule has 0 saturated heterocycles. The number of aromatic nitrogens is 2. The highest BCUT2D eigenvalue weighted by atomic mass is 35.5. The highest BCUT2D eigenvalue weighted by Crippen LogP contribution is 2.34. The molecule has 0 N–H and O–H groups in total. The third-order valence-corrected chi connectivity index (χ3v) is 5.12. The molecule has 2 aromatic carbocycles. The number of hydrogen-bond acceptors (Lipinski definition) is 9. The Kier molecular flexibility index (Phi) is 6.83. The molecule has 4 rings (SSSR count). The van der Waals surface area contributed by atoms with Gasteiger partial charge in [-0.05, 0) is 49.4 Å². The molecule has 0 aliphatic carbocycles. The summed E-state index contributed by atoms with van der Waals surface area (Å²) in [6, 6.07) is 10.9. The van der Waals surface area contributed by atoms with Gasteiger partial charge in [0.15, 0.2) is 6.61 Å². The van der Waals surface area contributed by atoms with E-state index in [1.54, 1.807) is 31.2 Å². The second-order valence-corrected chi connectivity index (χ2v) is 7.77. The minimum atomic E-state index is -0.789. The molecule has 11 heteroatoms. The van der Waals surface area contributed by atoms with Crippen LogP contribution in [0.15, 0.2) is 51.7 Å². The Morgan fingerprint density at radius 3 is 2.49 bits per heavy atom. The predicted molar refractivity (Wildman–Crippen MR) is 124 cm³/mol. The molecule has 0 fully saturated rings. The van der Waals surface area contributed by atoms with Gasteiger partial charge in [0.25, 0.3) is 5.56 Å². The molecule has 180 valence electrons. The number of fused-ring (bicyclic) bond motifs is 3. The van der Waals surface area contributed by atoms with Gasteiger partial charge in [0.05, 0.1) is 12.3 Å². The van der Waals surface area contributed by atoms with Crippen molar-refractivity contribution in [1.29, 1.82) is 0 Å². The lowest BCUT2D eigenvalue weighted by Gasteiger charge is -2.10. The van der Waals surface area contributed by atoms with Crippen LogP contribution in [0, 0.1) is 0 Å². The van der Waals surface area contributed by atoms with E-state index in [1.165, 1.54) is 29.8 Å². The van der Waals surface area contributed by atoms with Gasteiger partial charge in [0, 0.05) is 17.3 Å². The Morgan fingerprint density at radius 1 is 1.06 bits per heavy atom. The van der Waals surface area contributed by atoms with E-state index in [-0.39, 0.29) is 35.8 Å². The fourth-order valence-electron chi connectivity index (χ4n) is 3.42. The van der Waals surface area contributed by atoms with E-state index < -0.39 is 30.1 Å². The lowest BCUT2D eigenvalue weighted by atomic mass is 10.1. The largest absolute Gasteiger partial charge is 0.466 e. The summed E-state index contributed by atoms with van der Waals surface area (Å²) in [4.78, 5) is 48.4. The maximum atomic E-state index is 13.4. The summed E-state index contributed by atoms with van der Waals surface area (Å²) >= 11 is 5.96. The van der Waals surface area contributed by atoms with E-state index in [1.807, 2.05) is 0 Å². The van der Waals surface area contributed by atoms with Crippen LogP contribution in [0.3, 0.4) is 0 Å². The molecule has 0 spiro atoms. The molecule has 10 nitrogen and oxygen atoms in total. The van der Waals surface area contributed by atoms with Gasteiger partial charge < -0.3 is 18.6 Å². The molecule has 0 saturated carbocycles. The van der Waals surface area contributed by atoms with E-state index in [4.69, 9.17) is 25.5 Å². The van der Waals surface area contributed by atoms with E-state index >= 15 is 0 Å². The smallest absolute Gasteiger partial charge is 0.349 e. The average Bonchev–Trinajstić information content (AvgIpc) is 3.16. The third kappa shape index (κ3) is 5.17. The summed E-state index contributed by atoms with van der Waals surface area (Å²) in [5, 5.41) is 5.33. The fraction of sp³-hybridized carbons (Fsp3) is 0.208. The first-order chi connectivity index (χ1) is 16.8. The Labute approximate surface area is 203 Å². The lowest BCUT2D eigenvalue weighted by Crippen LogP contribution is -2.17. The molecule has 2 aromatic rings. The van der Waals surface area contributed by atoms with Crippen LogP contribution in [-0.4, -0.2) is 40.9 Å². The molecule has 0 amide bonds. The van der Waals surface area contributed by atoms with Crippen molar-refractivity contribution in [3.8, 4) is 22.7 Å². The molecule has 0 radical (unpaired) electrons. The summed E-state index contributed by atoms with van der Waals surface area (Å²) in [5.74, 6) is -1.76. The molecule has 35 heavy (non-hydrogen) atoms. The number of rotatable bonds is 7. The van der Waals surface area contributed by atoms with Crippen molar-refractivity contribution < 1.29 is 33.0 Å². The van der Waals surface area contributed by atoms with E-state index in [0.29, 0.717) is 21.7 Å². The maximum absolute atomic E-state index is 13.4. The summed E-state index contributed by atoms with van der Waals surface area (Å²) in [6.07, 6.45) is -0.277. The Hall–Kier alpha value is -4.18. The van der Waals surface area contributed by atoms with Gasteiger partial charge in [0.2, 0.25) is 0 Å². The number of hydrogen-bond donors (Lipinski definition) is 0. The summed E-state index contributed by atoms with van der Waals surface area (Å²) < 4.78 is 21.9.